The lowest BCUT2D eigenvalue weighted by Gasteiger charge is -2.20. The van der Waals surface area contributed by atoms with Crippen molar-refractivity contribution in [3.05, 3.63) is 0 Å². The molecule has 0 radical (unpaired) electrons. The standard InChI is InChI=1S/C28H56O2/c1-6-7-8-9-16-19-22-27(25(2)3)23-20-17-14-12-10-11-13-15-18-21-24-28(29)30-26(4)5/h25-27H,6-24H2,1-5H3. The van der Waals surface area contributed by atoms with Gasteiger partial charge >= 0.3 is 5.97 Å². The predicted molar refractivity (Wildman–Crippen MR) is 133 cm³/mol. The number of carbonyl (C=O) groups excluding carboxylic acids is 1. The number of carbonyl (C=O) groups is 1. The molecule has 1 atom stereocenters. The van der Waals surface area contributed by atoms with E-state index in [-0.39, 0.29) is 12.1 Å². The number of unbranched alkanes of at least 4 members (excludes halogenated alkanes) is 14. The molecule has 0 rings (SSSR count). The summed E-state index contributed by atoms with van der Waals surface area (Å²) < 4.78 is 5.17. The van der Waals surface area contributed by atoms with E-state index < -0.39 is 0 Å². The molecule has 2 heteroatoms. The minimum atomic E-state index is -0.0309. The van der Waals surface area contributed by atoms with Crippen molar-refractivity contribution in [2.45, 2.75) is 163 Å². The molecule has 0 aromatic rings. The van der Waals surface area contributed by atoms with Crippen LogP contribution in [0.25, 0.3) is 0 Å². The Hall–Kier alpha value is -0.530. The first-order chi connectivity index (χ1) is 14.5. The van der Waals surface area contributed by atoms with Crippen LogP contribution in [0.1, 0.15) is 157 Å². The van der Waals surface area contributed by atoms with Crippen LogP contribution in [0.5, 0.6) is 0 Å². The van der Waals surface area contributed by atoms with Crippen LogP contribution in [0.3, 0.4) is 0 Å². The Morgan fingerprint density at radius 2 is 1.00 bits per heavy atom. The van der Waals surface area contributed by atoms with Gasteiger partial charge < -0.3 is 4.74 Å². The largest absolute Gasteiger partial charge is 0.463 e. The number of ether oxygens (including phenoxy) is 1. The molecule has 0 aromatic heterocycles. The van der Waals surface area contributed by atoms with Gasteiger partial charge in [0.2, 0.25) is 0 Å². The monoisotopic (exact) mass is 424 g/mol. The van der Waals surface area contributed by atoms with Gasteiger partial charge in [-0.25, -0.2) is 0 Å². The lowest BCUT2D eigenvalue weighted by molar-refractivity contribution is -0.147. The van der Waals surface area contributed by atoms with Crippen LogP contribution >= 0.6 is 0 Å². The fourth-order valence-electron chi connectivity index (χ4n) is 4.41. The van der Waals surface area contributed by atoms with E-state index in [9.17, 15) is 4.79 Å². The maximum atomic E-state index is 11.5. The molecule has 0 amide bonds. The number of esters is 1. The second kappa shape index (κ2) is 21.7. The SMILES string of the molecule is CCCCCCCCC(CCCCCCCCCCCCC(=O)OC(C)C)C(C)C. The summed E-state index contributed by atoms with van der Waals surface area (Å²) in [7, 11) is 0. The molecule has 0 spiro atoms. The van der Waals surface area contributed by atoms with Gasteiger partial charge in [-0.05, 0) is 32.1 Å². The molecule has 180 valence electrons. The van der Waals surface area contributed by atoms with Gasteiger partial charge in [0.15, 0.2) is 0 Å². The minimum Gasteiger partial charge on any atom is -0.463 e. The summed E-state index contributed by atoms with van der Waals surface area (Å²) in [6.07, 6.45) is 25.3. The molecule has 0 aromatic carbocycles. The quantitative estimate of drug-likeness (QED) is 0.128. The molecule has 2 nitrogen and oxygen atoms in total. The van der Waals surface area contributed by atoms with Gasteiger partial charge in [-0.1, -0.05) is 130 Å². The van der Waals surface area contributed by atoms with E-state index in [1.54, 1.807) is 0 Å². The van der Waals surface area contributed by atoms with E-state index in [2.05, 4.69) is 20.8 Å². The van der Waals surface area contributed by atoms with Crippen molar-refractivity contribution in [2.24, 2.45) is 11.8 Å². The van der Waals surface area contributed by atoms with Gasteiger partial charge in [0, 0.05) is 6.42 Å². The van der Waals surface area contributed by atoms with E-state index in [0.29, 0.717) is 6.42 Å². The molecular weight excluding hydrogens is 368 g/mol. The first kappa shape index (κ1) is 29.5. The van der Waals surface area contributed by atoms with E-state index in [1.807, 2.05) is 13.8 Å². The van der Waals surface area contributed by atoms with Gasteiger partial charge in [0.1, 0.15) is 0 Å². The second-order valence-corrected chi connectivity index (χ2v) is 10.2. The third kappa shape index (κ3) is 20.7. The van der Waals surface area contributed by atoms with E-state index in [1.165, 1.54) is 109 Å². The second-order valence-electron chi connectivity index (χ2n) is 10.2. The van der Waals surface area contributed by atoms with Crippen LogP contribution in [-0.2, 0) is 9.53 Å². The molecule has 0 saturated heterocycles. The van der Waals surface area contributed by atoms with Crippen LogP contribution in [0.2, 0.25) is 0 Å². The Kier molecular flexibility index (Phi) is 21.3. The van der Waals surface area contributed by atoms with Crippen molar-refractivity contribution in [1.82, 2.24) is 0 Å². The highest BCUT2D eigenvalue weighted by molar-refractivity contribution is 5.69. The lowest BCUT2D eigenvalue weighted by atomic mass is 9.85. The molecule has 0 fully saturated rings. The molecule has 30 heavy (non-hydrogen) atoms. The maximum Gasteiger partial charge on any atom is 0.306 e. The highest BCUT2D eigenvalue weighted by Crippen LogP contribution is 2.25. The Morgan fingerprint density at radius 1 is 0.600 bits per heavy atom. The van der Waals surface area contributed by atoms with E-state index in [0.717, 1.165) is 18.3 Å². The van der Waals surface area contributed by atoms with Crippen molar-refractivity contribution >= 4 is 5.97 Å². The van der Waals surface area contributed by atoms with Gasteiger partial charge in [0.25, 0.3) is 0 Å². The Bertz CT molecular complexity index is 362. The molecule has 0 bridgehead atoms. The van der Waals surface area contributed by atoms with Crippen LogP contribution in [0, 0.1) is 11.8 Å². The molecule has 0 aliphatic carbocycles. The third-order valence-electron chi connectivity index (χ3n) is 6.44. The van der Waals surface area contributed by atoms with Crippen LogP contribution in [-0.4, -0.2) is 12.1 Å². The Balaban J connectivity index is 3.44. The number of hydrogen-bond donors (Lipinski definition) is 0. The van der Waals surface area contributed by atoms with Gasteiger partial charge in [0.05, 0.1) is 6.10 Å². The molecule has 0 aliphatic heterocycles. The summed E-state index contributed by atoms with van der Waals surface area (Å²) >= 11 is 0. The molecular formula is C28H56O2. The van der Waals surface area contributed by atoms with Crippen molar-refractivity contribution in [1.29, 1.82) is 0 Å². The average molecular weight is 425 g/mol. The van der Waals surface area contributed by atoms with Crippen LogP contribution in [0.4, 0.5) is 0 Å². The normalized spacial score (nSPS) is 12.6. The van der Waals surface area contributed by atoms with Gasteiger partial charge in [-0.2, -0.15) is 0 Å². The first-order valence-electron chi connectivity index (χ1n) is 13.7. The fourth-order valence-corrected chi connectivity index (χ4v) is 4.41. The first-order valence-corrected chi connectivity index (χ1v) is 13.7. The minimum absolute atomic E-state index is 0.0223. The summed E-state index contributed by atoms with van der Waals surface area (Å²) in [4.78, 5) is 11.5. The molecule has 0 heterocycles. The fraction of sp³-hybridized carbons (Fsp3) is 0.964. The maximum absolute atomic E-state index is 11.5. The highest BCUT2D eigenvalue weighted by atomic mass is 16.5. The van der Waals surface area contributed by atoms with E-state index in [4.69, 9.17) is 4.74 Å². The number of hydrogen-bond acceptors (Lipinski definition) is 2. The molecule has 1 unspecified atom stereocenters. The summed E-state index contributed by atoms with van der Waals surface area (Å²) in [5.74, 6) is 1.78. The molecule has 0 saturated carbocycles. The zero-order valence-corrected chi connectivity index (χ0v) is 21.5. The van der Waals surface area contributed by atoms with E-state index >= 15 is 0 Å². The summed E-state index contributed by atoms with van der Waals surface area (Å²) in [5.41, 5.74) is 0. The summed E-state index contributed by atoms with van der Waals surface area (Å²) in [6, 6.07) is 0. The summed E-state index contributed by atoms with van der Waals surface area (Å²) in [6.45, 7) is 11.0. The van der Waals surface area contributed by atoms with Crippen molar-refractivity contribution < 1.29 is 9.53 Å². The van der Waals surface area contributed by atoms with Crippen molar-refractivity contribution in [2.75, 3.05) is 0 Å². The zero-order chi connectivity index (χ0) is 22.5. The van der Waals surface area contributed by atoms with Crippen molar-refractivity contribution in [3.63, 3.8) is 0 Å². The third-order valence-corrected chi connectivity index (χ3v) is 6.44. The Morgan fingerprint density at radius 3 is 1.40 bits per heavy atom. The topological polar surface area (TPSA) is 26.3 Å². The van der Waals surface area contributed by atoms with Crippen LogP contribution in [0.15, 0.2) is 0 Å². The van der Waals surface area contributed by atoms with Crippen molar-refractivity contribution in [3.8, 4) is 0 Å². The summed E-state index contributed by atoms with van der Waals surface area (Å²) in [5, 5.41) is 0. The number of rotatable bonds is 22. The highest BCUT2D eigenvalue weighted by Gasteiger charge is 2.12. The van der Waals surface area contributed by atoms with Crippen LogP contribution < -0.4 is 0 Å². The predicted octanol–water partition coefficient (Wildman–Crippen LogP) is 9.64. The van der Waals surface area contributed by atoms with Gasteiger partial charge in [-0.3, -0.25) is 4.79 Å². The molecule has 0 N–H and O–H groups in total. The zero-order valence-electron chi connectivity index (χ0n) is 21.5. The Labute approximate surface area is 190 Å². The average Bonchev–Trinajstić information content (AvgIpc) is 2.68. The van der Waals surface area contributed by atoms with Gasteiger partial charge in [-0.15, -0.1) is 0 Å². The lowest BCUT2D eigenvalue weighted by Crippen LogP contribution is -2.10. The smallest absolute Gasteiger partial charge is 0.306 e. The molecule has 0 aliphatic rings.